The molecule has 0 aliphatic heterocycles. The van der Waals surface area contributed by atoms with Gasteiger partial charge >= 0.3 is 5.97 Å². The number of carbonyl (C=O) groups excluding carboxylic acids is 2. The van der Waals surface area contributed by atoms with E-state index in [1.54, 1.807) is 37.3 Å². The van der Waals surface area contributed by atoms with Crippen LogP contribution in [-0.4, -0.2) is 33.2 Å². The lowest BCUT2D eigenvalue weighted by molar-refractivity contribution is -0.115. The minimum absolute atomic E-state index is 0.195. The maximum absolute atomic E-state index is 12.5. The van der Waals surface area contributed by atoms with Gasteiger partial charge in [-0.3, -0.25) is 9.59 Å². The van der Waals surface area contributed by atoms with Crippen molar-refractivity contribution in [3.63, 3.8) is 0 Å². The molecule has 2 aromatic carbocycles. The van der Waals surface area contributed by atoms with Gasteiger partial charge in [-0.05, 0) is 54.8 Å². The molecule has 30 heavy (non-hydrogen) atoms. The van der Waals surface area contributed by atoms with Crippen molar-refractivity contribution >= 4 is 52.3 Å². The zero-order valence-electron chi connectivity index (χ0n) is 15.8. The molecular formula is C21H18N2O5S2. The molecule has 3 aromatic rings. The smallest absolute Gasteiger partial charge is 0.339 e. The lowest BCUT2D eigenvalue weighted by Gasteiger charge is -2.13. The van der Waals surface area contributed by atoms with Crippen LogP contribution in [0.15, 0.2) is 64.9 Å². The predicted molar refractivity (Wildman–Crippen MR) is 118 cm³/mol. The fourth-order valence-corrected chi connectivity index (χ4v) is 4.08. The van der Waals surface area contributed by atoms with E-state index in [9.17, 15) is 19.5 Å². The third kappa shape index (κ3) is 5.40. The number of thiophene rings is 1. The summed E-state index contributed by atoms with van der Waals surface area (Å²) in [6.07, 6.45) is 0. The molecule has 0 aliphatic carbocycles. The summed E-state index contributed by atoms with van der Waals surface area (Å²) >= 11 is 2.65. The van der Waals surface area contributed by atoms with Crippen molar-refractivity contribution in [2.45, 2.75) is 17.1 Å². The number of carbonyl (C=O) groups is 3. The Hall–Kier alpha value is -3.30. The topological polar surface area (TPSA) is 116 Å². The number of nitrogens with one attached hydrogen (secondary N) is 2. The van der Waals surface area contributed by atoms with E-state index < -0.39 is 11.2 Å². The van der Waals surface area contributed by atoms with Crippen LogP contribution in [-0.2, 0) is 4.79 Å². The van der Waals surface area contributed by atoms with Crippen LogP contribution in [0.5, 0.6) is 5.75 Å². The van der Waals surface area contributed by atoms with Crippen LogP contribution in [0.4, 0.5) is 11.4 Å². The molecule has 0 bridgehead atoms. The first-order chi connectivity index (χ1) is 14.3. The molecule has 0 saturated carbocycles. The van der Waals surface area contributed by atoms with E-state index in [1.807, 2.05) is 11.4 Å². The molecule has 2 amide bonds. The second-order valence-electron chi connectivity index (χ2n) is 6.25. The van der Waals surface area contributed by atoms with E-state index in [2.05, 4.69) is 10.6 Å². The molecular weight excluding hydrogens is 424 g/mol. The normalized spacial score (nSPS) is 11.5. The number of aromatic carboxylic acids is 1. The van der Waals surface area contributed by atoms with Crippen LogP contribution in [0.25, 0.3) is 0 Å². The summed E-state index contributed by atoms with van der Waals surface area (Å²) in [6.45, 7) is 1.72. The Kier molecular flexibility index (Phi) is 6.76. The number of benzene rings is 2. The number of phenols is 1. The van der Waals surface area contributed by atoms with Gasteiger partial charge in [0.25, 0.3) is 5.91 Å². The van der Waals surface area contributed by atoms with Crippen molar-refractivity contribution in [3.8, 4) is 5.75 Å². The largest absolute Gasteiger partial charge is 0.507 e. The molecule has 0 spiro atoms. The highest BCUT2D eigenvalue weighted by atomic mass is 32.2. The number of hydrogen-bond donors (Lipinski definition) is 4. The van der Waals surface area contributed by atoms with Crippen LogP contribution < -0.4 is 10.6 Å². The zero-order chi connectivity index (χ0) is 21.7. The maximum Gasteiger partial charge on any atom is 0.339 e. The summed E-state index contributed by atoms with van der Waals surface area (Å²) in [4.78, 5) is 37.2. The number of anilines is 2. The first-order valence-corrected chi connectivity index (χ1v) is 10.6. The quantitative estimate of drug-likeness (QED) is 0.316. The molecule has 1 atom stereocenters. The molecule has 1 aromatic heterocycles. The number of rotatable bonds is 7. The van der Waals surface area contributed by atoms with Gasteiger partial charge < -0.3 is 20.8 Å². The number of carboxylic acid groups (broad SMARTS) is 1. The Bertz CT molecular complexity index is 1080. The number of carboxylic acids is 1. The number of hydrogen-bond acceptors (Lipinski definition) is 6. The summed E-state index contributed by atoms with van der Waals surface area (Å²) < 4.78 is 0. The van der Waals surface area contributed by atoms with Crippen molar-refractivity contribution in [3.05, 3.63) is 70.4 Å². The van der Waals surface area contributed by atoms with Gasteiger partial charge in [-0.1, -0.05) is 12.1 Å². The van der Waals surface area contributed by atoms with Crippen LogP contribution in [0.1, 0.15) is 27.0 Å². The Morgan fingerprint density at radius 3 is 2.47 bits per heavy atom. The van der Waals surface area contributed by atoms with Crippen LogP contribution in [0.3, 0.4) is 0 Å². The molecule has 4 N–H and O–H groups in total. The van der Waals surface area contributed by atoms with E-state index in [0.717, 1.165) is 4.90 Å². The van der Waals surface area contributed by atoms with Crippen molar-refractivity contribution in [1.82, 2.24) is 0 Å². The third-order valence-electron chi connectivity index (χ3n) is 4.01. The van der Waals surface area contributed by atoms with E-state index in [-0.39, 0.29) is 28.8 Å². The van der Waals surface area contributed by atoms with Gasteiger partial charge in [0, 0.05) is 16.3 Å². The fraction of sp³-hybridized carbons (Fsp3) is 0.0952. The second-order valence-corrected chi connectivity index (χ2v) is 8.61. The van der Waals surface area contributed by atoms with E-state index in [4.69, 9.17) is 5.11 Å². The molecule has 7 nitrogen and oxygen atoms in total. The Balaban J connectivity index is 1.63. The minimum atomic E-state index is -1.28. The first kappa shape index (κ1) is 21.4. The summed E-state index contributed by atoms with van der Waals surface area (Å²) in [5, 5.41) is 25.4. The predicted octanol–water partition coefficient (Wildman–Crippen LogP) is 4.52. The Morgan fingerprint density at radius 1 is 1.00 bits per heavy atom. The molecule has 0 saturated heterocycles. The third-order valence-corrected chi connectivity index (χ3v) is 5.98. The summed E-state index contributed by atoms with van der Waals surface area (Å²) in [5.41, 5.74) is 0.609. The SMILES string of the molecule is CC(Sc1cccc(NC(=O)c2cccs2)c1)C(=O)Nc1ccc(O)c(C(=O)O)c1. The molecule has 0 radical (unpaired) electrons. The summed E-state index contributed by atoms with van der Waals surface area (Å²) in [6, 6.07) is 14.6. The number of aromatic hydroxyl groups is 1. The van der Waals surface area contributed by atoms with E-state index in [1.165, 1.54) is 41.3 Å². The lowest BCUT2D eigenvalue weighted by Crippen LogP contribution is -2.22. The standard InChI is InChI=1S/C21H18N2O5S2/c1-12(19(25)22-14-7-8-17(24)16(11-14)21(27)28)30-15-5-2-4-13(10-15)23-20(26)18-6-3-9-29-18/h2-12,24H,1H3,(H,22,25)(H,23,26)(H,27,28). The first-order valence-electron chi connectivity index (χ1n) is 8.82. The molecule has 0 aliphatic rings. The monoisotopic (exact) mass is 442 g/mol. The minimum Gasteiger partial charge on any atom is -0.507 e. The van der Waals surface area contributed by atoms with Crippen molar-refractivity contribution in [2.24, 2.45) is 0 Å². The highest BCUT2D eigenvalue weighted by Gasteiger charge is 2.17. The van der Waals surface area contributed by atoms with Gasteiger partial charge in [0.2, 0.25) is 5.91 Å². The average molecular weight is 443 g/mol. The summed E-state index contributed by atoms with van der Waals surface area (Å²) in [5.74, 6) is -2.17. The van der Waals surface area contributed by atoms with Gasteiger partial charge in [0.05, 0.1) is 10.1 Å². The van der Waals surface area contributed by atoms with Crippen LogP contribution in [0, 0.1) is 0 Å². The fourth-order valence-electron chi connectivity index (χ4n) is 2.53. The van der Waals surface area contributed by atoms with Crippen molar-refractivity contribution in [1.29, 1.82) is 0 Å². The van der Waals surface area contributed by atoms with Gasteiger partial charge in [-0.2, -0.15) is 0 Å². The van der Waals surface area contributed by atoms with E-state index >= 15 is 0 Å². The molecule has 9 heteroatoms. The highest BCUT2D eigenvalue weighted by Crippen LogP contribution is 2.28. The summed E-state index contributed by atoms with van der Waals surface area (Å²) in [7, 11) is 0. The maximum atomic E-state index is 12.5. The highest BCUT2D eigenvalue weighted by molar-refractivity contribution is 8.00. The second kappa shape index (κ2) is 9.47. The van der Waals surface area contributed by atoms with Crippen LogP contribution >= 0.6 is 23.1 Å². The van der Waals surface area contributed by atoms with Gasteiger partial charge in [-0.15, -0.1) is 23.1 Å². The van der Waals surface area contributed by atoms with E-state index in [0.29, 0.717) is 10.6 Å². The number of thioether (sulfide) groups is 1. The average Bonchev–Trinajstić information content (AvgIpc) is 3.24. The molecule has 1 heterocycles. The van der Waals surface area contributed by atoms with Gasteiger partial charge in [-0.25, -0.2) is 4.79 Å². The zero-order valence-corrected chi connectivity index (χ0v) is 17.4. The lowest BCUT2D eigenvalue weighted by atomic mass is 10.2. The molecule has 1 unspecified atom stereocenters. The Labute approximate surface area is 180 Å². The molecule has 3 rings (SSSR count). The molecule has 154 valence electrons. The van der Waals surface area contributed by atoms with Crippen LogP contribution in [0.2, 0.25) is 0 Å². The number of amides is 2. The Morgan fingerprint density at radius 2 is 1.77 bits per heavy atom. The van der Waals surface area contributed by atoms with Crippen molar-refractivity contribution in [2.75, 3.05) is 10.6 Å². The van der Waals surface area contributed by atoms with Crippen molar-refractivity contribution < 1.29 is 24.6 Å². The molecule has 0 fully saturated rings. The van der Waals surface area contributed by atoms with Gasteiger partial charge in [0.15, 0.2) is 0 Å². The van der Waals surface area contributed by atoms with Gasteiger partial charge in [0.1, 0.15) is 11.3 Å².